The maximum atomic E-state index is 11.0. The number of nitrogens with zero attached hydrogens (tertiary/aromatic N) is 2. The minimum Gasteiger partial charge on any atom is -0.260 e. The summed E-state index contributed by atoms with van der Waals surface area (Å²) in [5.41, 5.74) is 2.22. The summed E-state index contributed by atoms with van der Waals surface area (Å²) in [5, 5.41) is 11.1. The number of hydrogen-bond donors (Lipinski definition) is 0. The number of nitro groups is 1. The van der Waals surface area contributed by atoms with Crippen LogP contribution in [0.2, 0.25) is 0 Å². The fourth-order valence-corrected chi connectivity index (χ4v) is 2.10. The van der Waals surface area contributed by atoms with Gasteiger partial charge in [-0.1, -0.05) is 20.8 Å². The van der Waals surface area contributed by atoms with Crippen LogP contribution >= 0.6 is 11.6 Å². The van der Waals surface area contributed by atoms with E-state index < -0.39 is 0 Å². The van der Waals surface area contributed by atoms with Crippen LogP contribution in [0.5, 0.6) is 0 Å². The zero-order valence-electron chi connectivity index (χ0n) is 12.2. The lowest BCUT2D eigenvalue weighted by atomic mass is 9.88. The summed E-state index contributed by atoms with van der Waals surface area (Å²) in [6, 6.07) is 0. The van der Waals surface area contributed by atoms with Crippen molar-refractivity contribution in [3.8, 4) is 0 Å². The van der Waals surface area contributed by atoms with Crippen LogP contribution in [0.3, 0.4) is 0 Å². The summed E-state index contributed by atoms with van der Waals surface area (Å²) in [7, 11) is 0. The molecule has 0 radical (unpaired) electrons. The molecule has 1 aromatic heterocycles. The molecule has 5 heteroatoms. The lowest BCUT2D eigenvalue weighted by Crippen LogP contribution is -2.21. The summed E-state index contributed by atoms with van der Waals surface area (Å²) in [6.07, 6.45) is 3.00. The summed E-state index contributed by atoms with van der Waals surface area (Å²) >= 11 is 6.33. The quantitative estimate of drug-likeness (QED) is 0.473. The highest BCUT2D eigenvalue weighted by molar-refractivity contribution is 6.21. The van der Waals surface area contributed by atoms with Crippen LogP contribution in [0, 0.1) is 29.4 Å². The van der Waals surface area contributed by atoms with E-state index in [0.717, 1.165) is 12.1 Å². The van der Waals surface area contributed by atoms with Crippen LogP contribution in [0.1, 0.15) is 44.0 Å². The predicted molar refractivity (Wildman–Crippen MR) is 77.8 cm³/mol. The Balaban J connectivity index is 2.92. The van der Waals surface area contributed by atoms with Gasteiger partial charge in [-0.05, 0) is 32.1 Å². The molecule has 1 rings (SSSR count). The standard InChI is InChI=1S/C14H21ClN2O2/c1-9-8-16-11(10(2)13(9)17(18)19)6-7-12(15)14(3,4)5/h8,12H,6-7H2,1-5H3. The largest absolute Gasteiger partial charge is 0.278 e. The Bertz CT molecular complexity index is 481. The van der Waals surface area contributed by atoms with E-state index in [1.54, 1.807) is 20.0 Å². The van der Waals surface area contributed by atoms with Gasteiger partial charge in [-0.3, -0.25) is 15.1 Å². The number of aryl methyl sites for hydroxylation is 2. The Kier molecular flexibility index (Phi) is 4.91. The molecule has 0 saturated heterocycles. The smallest absolute Gasteiger partial charge is 0.260 e. The van der Waals surface area contributed by atoms with Crippen molar-refractivity contribution in [1.29, 1.82) is 0 Å². The minimum atomic E-state index is -0.336. The molecule has 0 aliphatic rings. The van der Waals surface area contributed by atoms with E-state index in [1.165, 1.54) is 0 Å². The number of rotatable bonds is 4. The Morgan fingerprint density at radius 3 is 2.47 bits per heavy atom. The molecule has 0 aliphatic heterocycles. The molecule has 1 atom stereocenters. The van der Waals surface area contributed by atoms with E-state index in [4.69, 9.17) is 11.6 Å². The van der Waals surface area contributed by atoms with Gasteiger partial charge in [-0.2, -0.15) is 0 Å². The van der Waals surface area contributed by atoms with Crippen LogP contribution in [0.4, 0.5) is 5.69 Å². The fourth-order valence-electron chi connectivity index (χ4n) is 1.99. The van der Waals surface area contributed by atoms with Crippen molar-refractivity contribution in [3.63, 3.8) is 0 Å². The average molecular weight is 285 g/mol. The van der Waals surface area contributed by atoms with Gasteiger partial charge in [0.05, 0.1) is 10.6 Å². The molecule has 1 unspecified atom stereocenters. The molecule has 0 fully saturated rings. The van der Waals surface area contributed by atoms with Gasteiger partial charge in [0.2, 0.25) is 0 Å². The van der Waals surface area contributed by atoms with E-state index in [0.29, 0.717) is 17.5 Å². The molecule has 0 N–H and O–H groups in total. The molecular formula is C14H21ClN2O2. The van der Waals surface area contributed by atoms with Crippen molar-refractivity contribution in [2.45, 2.75) is 52.8 Å². The number of aromatic nitrogens is 1. The average Bonchev–Trinajstić information content (AvgIpc) is 2.25. The third kappa shape index (κ3) is 3.90. The Morgan fingerprint density at radius 1 is 1.42 bits per heavy atom. The molecule has 0 bridgehead atoms. The molecule has 19 heavy (non-hydrogen) atoms. The van der Waals surface area contributed by atoms with E-state index in [-0.39, 0.29) is 21.4 Å². The van der Waals surface area contributed by atoms with Crippen molar-refractivity contribution >= 4 is 17.3 Å². The van der Waals surface area contributed by atoms with Crippen molar-refractivity contribution < 1.29 is 4.92 Å². The maximum absolute atomic E-state index is 11.0. The second kappa shape index (κ2) is 5.87. The summed E-state index contributed by atoms with van der Waals surface area (Å²) < 4.78 is 0. The summed E-state index contributed by atoms with van der Waals surface area (Å²) in [5.74, 6) is 0. The molecule has 1 aromatic rings. The first-order chi connectivity index (χ1) is 8.64. The molecule has 0 aliphatic carbocycles. The molecule has 4 nitrogen and oxygen atoms in total. The number of halogens is 1. The Morgan fingerprint density at radius 2 is 2.00 bits per heavy atom. The molecular weight excluding hydrogens is 264 g/mol. The number of hydrogen-bond acceptors (Lipinski definition) is 3. The highest BCUT2D eigenvalue weighted by atomic mass is 35.5. The van der Waals surface area contributed by atoms with Gasteiger partial charge in [-0.25, -0.2) is 0 Å². The second-order valence-electron chi connectivity index (χ2n) is 5.99. The van der Waals surface area contributed by atoms with Crippen molar-refractivity contribution in [1.82, 2.24) is 4.98 Å². The highest BCUT2D eigenvalue weighted by Crippen LogP contribution is 2.30. The van der Waals surface area contributed by atoms with Gasteiger partial charge in [0.25, 0.3) is 5.69 Å². The summed E-state index contributed by atoms with van der Waals surface area (Å²) in [4.78, 5) is 15.0. The summed E-state index contributed by atoms with van der Waals surface area (Å²) in [6.45, 7) is 9.73. The van der Waals surface area contributed by atoms with Gasteiger partial charge in [0.1, 0.15) is 0 Å². The molecule has 0 aromatic carbocycles. The number of alkyl halides is 1. The first-order valence-electron chi connectivity index (χ1n) is 6.38. The van der Waals surface area contributed by atoms with Gasteiger partial charge in [0.15, 0.2) is 0 Å². The molecule has 106 valence electrons. The normalized spacial score (nSPS) is 13.4. The van der Waals surface area contributed by atoms with Crippen molar-refractivity contribution in [2.24, 2.45) is 5.41 Å². The molecule has 0 spiro atoms. The maximum Gasteiger partial charge on any atom is 0.278 e. The third-order valence-corrected chi connectivity index (χ3v) is 4.21. The second-order valence-corrected chi connectivity index (χ2v) is 6.52. The zero-order chi connectivity index (χ0) is 14.8. The molecule has 0 amide bonds. The van der Waals surface area contributed by atoms with Crippen LogP contribution in [-0.4, -0.2) is 15.3 Å². The SMILES string of the molecule is Cc1cnc(CCC(Cl)C(C)(C)C)c(C)c1[N+](=O)[O-]. The minimum absolute atomic E-state index is 0.0199. The van der Waals surface area contributed by atoms with E-state index in [1.807, 2.05) is 0 Å². The van der Waals surface area contributed by atoms with Gasteiger partial charge in [-0.15, -0.1) is 11.6 Å². The van der Waals surface area contributed by atoms with Crippen LogP contribution in [0.25, 0.3) is 0 Å². The van der Waals surface area contributed by atoms with Crippen LogP contribution in [-0.2, 0) is 6.42 Å². The van der Waals surface area contributed by atoms with Gasteiger partial charge >= 0.3 is 0 Å². The Labute approximate surface area is 119 Å². The first kappa shape index (κ1) is 15.9. The lowest BCUT2D eigenvalue weighted by molar-refractivity contribution is -0.386. The monoisotopic (exact) mass is 284 g/mol. The van der Waals surface area contributed by atoms with Crippen LogP contribution < -0.4 is 0 Å². The Hall–Kier alpha value is -1.16. The number of pyridine rings is 1. The predicted octanol–water partition coefficient (Wildman–Crippen LogP) is 4.19. The first-order valence-corrected chi connectivity index (χ1v) is 6.81. The zero-order valence-corrected chi connectivity index (χ0v) is 12.9. The van der Waals surface area contributed by atoms with Crippen LogP contribution in [0.15, 0.2) is 6.20 Å². The van der Waals surface area contributed by atoms with E-state index in [9.17, 15) is 10.1 Å². The third-order valence-electron chi connectivity index (χ3n) is 3.33. The highest BCUT2D eigenvalue weighted by Gasteiger charge is 2.24. The fraction of sp³-hybridized carbons (Fsp3) is 0.643. The molecule has 1 heterocycles. The lowest BCUT2D eigenvalue weighted by Gasteiger charge is -2.25. The van der Waals surface area contributed by atoms with E-state index in [2.05, 4.69) is 25.8 Å². The van der Waals surface area contributed by atoms with E-state index >= 15 is 0 Å². The van der Waals surface area contributed by atoms with Gasteiger partial charge < -0.3 is 0 Å². The topological polar surface area (TPSA) is 56.0 Å². The van der Waals surface area contributed by atoms with Crippen molar-refractivity contribution in [2.75, 3.05) is 0 Å². The van der Waals surface area contributed by atoms with Gasteiger partial charge in [0, 0.05) is 22.7 Å². The van der Waals surface area contributed by atoms with Crippen molar-refractivity contribution in [3.05, 3.63) is 33.1 Å². The molecule has 0 saturated carbocycles.